The summed E-state index contributed by atoms with van der Waals surface area (Å²) >= 11 is 0. The first-order valence-corrected chi connectivity index (χ1v) is 8.58. The smallest absolute Gasteiger partial charge is 0.123 e. The van der Waals surface area contributed by atoms with E-state index in [1.54, 1.807) is 13.2 Å². The second kappa shape index (κ2) is 7.78. The van der Waals surface area contributed by atoms with Gasteiger partial charge in [0, 0.05) is 32.7 Å². The van der Waals surface area contributed by atoms with Crippen molar-refractivity contribution in [3.8, 4) is 5.75 Å². The maximum absolute atomic E-state index is 13.7. The lowest BCUT2D eigenvalue weighted by molar-refractivity contribution is -0.163. The van der Waals surface area contributed by atoms with Crippen LogP contribution in [0.2, 0.25) is 0 Å². The molecule has 0 bridgehead atoms. The predicted octanol–water partition coefficient (Wildman–Crippen LogP) is 1.52. The molecule has 2 aliphatic rings. The molecule has 0 unspecified atom stereocenters. The minimum atomic E-state index is -1.09. The number of ether oxygens (including phenoxy) is 3. The first-order chi connectivity index (χ1) is 11.6. The molecule has 0 saturated carbocycles. The SMILES string of the molecule is COc1ccc(F)cc1C[C@](O)(C1CCOCC1)[C@H]1CNCCO1. The van der Waals surface area contributed by atoms with Crippen LogP contribution >= 0.6 is 0 Å². The number of nitrogens with one attached hydrogen (secondary N) is 1. The summed E-state index contributed by atoms with van der Waals surface area (Å²) in [5, 5.41) is 14.9. The summed E-state index contributed by atoms with van der Waals surface area (Å²) in [7, 11) is 1.56. The molecule has 0 aliphatic carbocycles. The third-order valence-corrected chi connectivity index (χ3v) is 5.13. The first kappa shape index (κ1) is 17.6. The molecule has 24 heavy (non-hydrogen) atoms. The zero-order valence-corrected chi connectivity index (χ0v) is 14.1. The molecular formula is C18H26FNO4. The zero-order valence-electron chi connectivity index (χ0n) is 14.1. The standard InChI is InChI=1S/C18H26FNO4/c1-22-16-3-2-15(19)10-13(16)11-18(21,14-4-7-23-8-5-14)17-12-20-6-9-24-17/h2-3,10,14,17,20-21H,4-9,11-12H2,1H3/t17-,18+/m1/s1. The first-order valence-electron chi connectivity index (χ1n) is 8.58. The Bertz CT molecular complexity index is 524. The van der Waals surface area contributed by atoms with Gasteiger partial charge in [-0.2, -0.15) is 0 Å². The van der Waals surface area contributed by atoms with Crippen LogP contribution in [-0.2, 0) is 15.9 Å². The van der Waals surface area contributed by atoms with Gasteiger partial charge in [-0.3, -0.25) is 0 Å². The van der Waals surface area contributed by atoms with Crippen LogP contribution in [0.25, 0.3) is 0 Å². The second-order valence-corrected chi connectivity index (χ2v) is 6.57. The van der Waals surface area contributed by atoms with Crippen LogP contribution < -0.4 is 10.1 Å². The molecule has 0 radical (unpaired) electrons. The average Bonchev–Trinajstić information content (AvgIpc) is 2.63. The van der Waals surface area contributed by atoms with Crippen LogP contribution in [-0.4, -0.2) is 56.8 Å². The number of hydrogen-bond acceptors (Lipinski definition) is 5. The highest BCUT2D eigenvalue weighted by Crippen LogP contribution is 2.37. The molecule has 5 nitrogen and oxygen atoms in total. The molecule has 2 atom stereocenters. The molecule has 2 heterocycles. The molecular weight excluding hydrogens is 313 g/mol. The maximum Gasteiger partial charge on any atom is 0.123 e. The van der Waals surface area contributed by atoms with Crippen LogP contribution in [0.5, 0.6) is 5.75 Å². The zero-order chi connectivity index (χ0) is 17.0. The molecule has 2 aliphatic heterocycles. The number of benzene rings is 1. The monoisotopic (exact) mass is 339 g/mol. The van der Waals surface area contributed by atoms with Crippen molar-refractivity contribution < 1.29 is 23.7 Å². The Balaban J connectivity index is 1.90. The molecule has 3 rings (SSSR count). The Morgan fingerprint density at radius 3 is 2.79 bits per heavy atom. The van der Waals surface area contributed by atoms with E-state index in [1.165, 1.54) is 12.1 Å². The quantitative estimate of drug-likeness (QED) is 0.852. The Morgan fingerprint density at radius 1 is 1.33 bits per heavy atom. The third kappa shape index (κ3) is 3.72. The van der Waals surface area contributed by atoms with Crippen LogP contribution in [0.3, 0.4) is 0 Å². The number of rotatable bonds is 5. The van der Waals surface area contributed by atoms with E-state index >= 15 is 0 Å². The molecule has 0 aromatic heterocycles. The number of aliphatic hydroxyl groups is 1. The fourth-order valence-corrected chi connectivity index (χ4v) is 3.80. The summed E-state index contributed by atoms with van der Waals surface area (Å²) in [6.07, 6.45) is 1.51. The van der Waals surface area contributed by atoms with Crippen molar-refractivity contribution in [3.63, 3.8) is 0 Å². The highest BCUT2D eigenvalue weighted by atomic mass is 19.1. The molecule has 6 heteroatoms. The van der Waals surface area contributed by atoms with E-state index in [4.69, 9.17) is 14.2 Å². The van der Waals surface area contributed by atoms with Crippen molar-refractivity contribution in [3.05, 3.63) is 29.6 Å². The topological polar surface area (TPSA) is 60.0 Å². The van der Waals surface area contributed by atoms with Crippen LogP contribution in [0.1, 0.15) is 18.4 Å². The van der Waals surface area contributed by atoms with Crippen molar-refractivity contribution in [2.24, 2.45) is 5.92 Å². The van der Waals surface area contributed by atoms with Gasteiger partial charge >= 0.3 is 0 Å². The number of hydrogen-bond donors (Lipinski definition) is 2. The van der Waals surface area contributed by atoms with E-state index < -0.39 is 5.60 Å². The van der Waals surface area contributed by atoms with E-state index in [1.807, 2.05) is 0 Å². The molecule has 1 aromatic carbocycles. The summed E-state index contributed by atoms with van der Waals surface area (Å²) < 4.78 is 30.4. The molecule has 0 spiro atoms. The van der Waals surface area contributed by atoms with Gasteiger partial charge in [-0.15, -0.1) is 0 Å². The van der Waals surface area contributed by atoms with Gasteiger partial charge in [-0.05, 0) is 42.5 Å². The summed E-state index contributed by atoms with van der Waals surface area (Å²) in [6, 6.07) is 4.42. The largest absolute Gasteiger partial charge is 0.496 e. The summed E-state index contributed by atoms with van der Waals surface area (Å²) in [4.78, 5) is 0. The predicted molar refractivity (Wildman–Crippen MR) is 87.8 cm³/mol. The van der Waals surface area contributed by atoms with Gasteiger partial charge in [0.1, 0.15) is 11.6 Å². The highest BCUT2D eigenvalue weighted by Gasteiger charge is 2.46. The molecule has 134 valence electrons. The minimum absolute atomic E-state index is 0.0455. The summed E-state index contributed by atoms with van der Waals surface area (Å²) in [5.41, 5.74) is -0.418. The Kier molecular flexibility index (Phi) is 5.71. The highest BCUT2D eigenvalue weighted by molar-refractivity contribution is 5.35. The lowest BCUT2D eigenvalue weighted by Gasteiger charge is -2.45. The summed E-state index contributed by atoms with van der Waals surface area (Å²) in [5.74, 6) is 0.303. The van der Waals surface area contributed by atoms with E-state index in [0.717, 1.165) is 19.4 Å². The van der Waals surface area contributed by atoms with Crippen LogP contribution in [0.15, 0.2) is 18.2 Å². The second-order valence-electron chi connectivity index (χ2n) is 6.57. The molecule has 1 aromatic rings. The molecule has 2 saturated heterocycles. The van der Waals surface area contributed by atoms with E-state index in [-0.39, 0.29) is 17.8 Å². The normalized spacial score (nSPS) is 25.2. The van der Waals surface area contributed by atoms with Gasteiger partial charge in [-0.25, -0.2) is 4.39 Å². The van der Waals surface area contributed by atoms with Crippen LogP contribution in [0, 0.1) is 11.7 Å². The van der Waals surface area contributed by atoms with Crippen molar-refractivity contribution in [2.45, 2.75) is 31.0 Å². The molecule has 2 fully saturated rings. The average molecular weight is 339 g/mol. The number of morpholine rings is 1. The fraction of sp³-hybridized carbons (Fsp3) is 0.667. The molecule has 2 N–H and O–H groups in total. The molecule has 0 amide bonds. The van der Waals surface area contributed by atoms with Crippen LogP contribution in [0.4, 0.5) is 4.39 Å². The van der Waals surface area contributed by atoms with Crippen molar-refractivity contribution in [1.82, 2.24) is 5.32 Å². The van der Waals surface area contributed by atoms with Crippen molar-refractivity contribution in [1.29, 1.82) is 0 Å². The van der Waals surface area contributed by atoms with Crippen molar-refractivity contribution in [2.75, 3.05) is 40.0 Å². The number of halogens is 1. The van der Waals surface area contributed by atoms with E-state index in [0.29, 0.717) is 44.1 Å². The Hall–Kier alpha value is -1.21. The van der Waals surface area contributed by atoms with Gasteiger partial charge in [0.15, 0.2) is 0 Å². The van der Waals surface area contributed by atoms with E-state index in [2.05, 4.69) is 5.32 Å². The summed E-state index contributed by atoms with van der Waals surface area (Å²) in [6.45, 7) is 3.20. The third-order valence-electron chi connectivity index (χ3n) is 5.13. The minimum Gasteiger partial charge on any atom is -0.496 e. The lowest BCUT2D eigenvalue weighted by atomic mass is 9.74. The van der Waals surface area contributed by atoms with Gasteiger partial charge in [0.2, 0.25) is 0 Å². The lowest BCUT2D eigenvalue weighted by Crippen LogP contribution is -2.59. The number of methoxy groups -OCH3 is 1. The van der Waals surface area contributed by atoms with Gasteiger partial charge in [0.25, 0.3) is 0 Å². The Labute approximate surface area is 142 Å². The Morgan fingerprint density at radius 2 is 2.12 bits per heavy atom. The van der Waals surface area contributed by atoms with Gasteiger partial charge in [-0.1, -0.05) is 0 Å². The van der Waals surface area contributed by atoms with Gasteiger partial charge < -0.3 is 24.6 Å². The maximum atomic E-state index is 13.7. The fourth-order valence-electron chi connectivity index (χ4n) is 3.80. The van der Waals surface area contributed by atoms with Gasteiger partial charge in [0.05, 0.1) is 25.4 Å². The van der Waals surface area contributed by atoms with Crippen molar-refractivity contribution >= 4 is 0 Å². The van der Waals surface area contributed by atoms with E-state index in [9.17, 15) is 9.50 Å².